The Morgan fingerprint density at radius 3 is 2.41 bits per heavy atom. The van der Waals surface area contributed by atoms with Gasteiger partial charge in [0.25, 0.3) is 0 Å². The van der Waals surface area contributed by atoms with E-state index in [4.69, 9.17) is 17.3 Å². The van der Waals surface area contributed by atoms with Gasteiger partial charge in [-0.3, -0.25) is 4.90 Å². The second-order valence-corrected chi connectivity index (χ2v) is 8.24. The Morgan fingerprint density at radius 2 is 1.74 bits per heavy atom. The van der Waals surface area contributed by atoms with Crippen LogP contribution in [0.3, 0.4) is 0 Å². The minimum atomic E-state index is -0.627. The molecule has 1 saturated heterocycles. The van der Waals surface area contributed by atoms with Crippen molar-refractivity contribution in [1.82, 2.24) is 4.90 Å². The van der Waals surface area contributed by atoms with Gasteiger partial charge in [-0.25, -0.2) is 4.39 Å². The average molecular weight is 388 g/mol. The van der Waals surface area contributed by atoms with Gasteiger partial charge in [0.2, 0.25) is 0 Å². The van der Waals surface area contributed by atoms with Crippen LogP contribution >= 0.6 is 11.6 Å². The minimum Gasteiger partial charge on any atom is -0.396 e. The average Bonchev–Trinajstić information content (AvgIpc) is 3.50. The van der Waals surface area contributed by atoms with E-state index >= 15 is 0 Å². The number of nitrogens with one attached hydrogen (secondary N) is 1. The van der Waals surface area contributed by atoms with Crippen LogP contribution in [-0.2, 0) is 6.54 Å². The predicted molar refractivity (Wildman–Crippen MR) is 112 cm³/mol. The maximum atomic E-state index is 13.3. The molecule has 27 heavy (non-hydrogen) atoms. The summed E-state index contributed by atoms with van der Waals surface area (Å²) in [7, 11) is 0. The number of rotatable bonds is 6. The molecule has 0 unspecified atom stereocenters. The highest BCUT2D eigenvalue weighted by Gasteiger charge is 2.21. The number of likely N-dealkylation sites (tertiary alicyclic amines) is 1. The van der Waals surface area contributed by atoms with Crippen LogP contribution in [0.25, 0.3) is 11.1 Å². The highest BCUT2D eigenvalue weighted by atomic mass is 35.5. The van der Waals surface area contributed by atoms with Crippen LogP contribution in [0.2, 0.25) is 5.02 Å². The van der Waals surface area contributed by atoms with Gasteiger partial charge < -0.3 is 11.1 Å². The van der Waals surface area contributed by atoms with E-state index in [0.29, 0.717) is 23.6 Å². The van der Waals surface area contributed by atoms with Gasteiger partial charge in [0, 0.05) is 31.7 Å². The molecule has 5 heteroatoms. The van der Waals surface area contributed by atoms with E-state index in [9.17, 15) is 4.39 Å². The molecule has 0 spiro atoms. The Hall–Kier alpha value is -1.78. The van der Waals surface area contributed by atoms with Gasteiger partial charge in [0.05, 0.1) is 16.4 Å². The molecule has 0 atom stereocenters. The summed E-state index contributed by atoms with van der Waals surface area (Å²) in [4.78, 5) is 2.32. The van der Waals surface area contributed by atoms with Crippen molar-refractivity contribution >= 4 is 23.0 Å². The van der Waals surface area contributed by atoms with Gasteiger partial charge in [0.1, 0.15) is 6.17 Å². The summed E-state index contributed by atoms with van der Waals surface area (Å²) in [6.07, 6.45) is 3.27. The number of alkyl halides is 1. The van der Waals surface area contributed by atoms with Crippen molar-refractivity contribution in [3.05, 3.63) is 47.0 Å². The molecule has 0 amide bonds. The van der Waals surface area contributed by atoms with E-state index < -0.39 is 6.17 Å². The molecule has 2 fully saturated rings. The second-order valence-electron chi connectivity index (χ2n) is 7.86. The van der Waals surface area contributed by atoms with Crippen LogP contribution in [-0.4, -0.2) is 30.7 Å². The number of nitrogen functional groups attached to an aromatic ring is 1. The van der Waals surface area contributed by atoms with Crippen LogP contribution in [0.1, 0.15) is 31.2 Å². The molecule has 0 aromatic heterocycles. The van der Waals surface area contributed by atoms with Crippen molar-refractivity contribution < 1.29 is 4.39 Å². The summed E-state index contributed by atoms with van der Waals surface area (Å²) >= 11 is 6.56. The molecule has 1 heterocycles. The number of anilines is 2. The van der Waals surface area contributed by atoms with Gasteiger partial charge in [-0.15, -0.1) is 0 Å². The molecule has 2 aromatic rings. The molecular formula is C22H27ClFN3. The van der Waals surface area contributed by atoms with E-state index in [0.717, 1.165) is 48.9 Å². The molecule has 1 saturated carbocycles. The van der Waals surface area contributed by atoms with Crippen molar-refractivity contribution in [3.63, 3.8) is 0 Å². The molecule has 1 aliphatic carbocycles. The van der Waals surface area contributed by atoms with E-state index in [-0.39, 0.29) is 0 Å². The first-order chi connectivity index (χ1) is 13.1. The highest BCUT2D eigenvalue weighted by Crippen LogP contribution is 2.38. The molecule has 2 aromatic carbocycles. The van der Waals surface area contributed by atoms with Crippen LogP contribution in [0.15, 0.2) is 36.4 Å². The quantitative estimate of drug-likeness (QED) is 0.657. The number of benzene rings is 2. The molecule has 3 nitrogen and oxygen atoms in total. The standard InChI is InChI=1S/C22H27ClFN3/c23-21-19(7-8-20(22(21)25)26-13-15-1-2-15)17-5-3-16(4-6-17)14-27-11-9-18(24)10-12-27/h3-8,15,18,26H,1-2,9-14,25H2. The summed E-state index contributed by atoms with van der Waals surface area (Å²) in [5, 5.41) is 4.02. The third-order valence-corrected chi connectivity index (χ3v) is 6.05. The monoisotopic (exact) mass is 387 g/mol. The van der Waals surface area contributed by atoms with Crippen LogP contribution < -0.4 is 11.1 Å². The minimum absolute atomic E-state index is 0.605. The smallest absolute Gasteiger partial charge is 0.103 e. The largest absolute Gasteiger partial charge is 0.396 e. The Balaban J connectivity index is 1.44. The van der Waals surface area contributed by atoms with E-state index in [1.807, 2.05) is 12.1 Å². The molecule has 144 valence electrons. The number of halogens is 2. The van der Waals surface area contributed by atoms with Crippen molar-refractivity contribution in [1.29, 1.82) is 0 Å². The molecule has 2 aliphatic rings. The summed E-state index contributed by atoms with van der Waals surface area (Å²) in [5.41, 5.74) is 11.1. The van der Waals surface area contributed by atoms with E-state index in [1.54, 1.807) is 0 Å². The second kappa shape index (κ2) is 8.07. The molecular weight excluding hydrogens is 361 g/mol. The lowest BCUT2D eigenvalue weighted by atomic mass is 10.0. The number of hydrogen-bond acceptors (Lipinski definition) is 3. The maximum Gasteiger partial charge on any atom is 0.103 e. The summed E-state index contributed by atoms with van der Waals surface area (Å²) in [6, 6.07) is 12.5. The fourth-order valence-corrected chi connectivity index (χ4v) is 3.93. The lowest BCUT2D eigenvalue weighted by Gasteiger charge is -2.28. The number of hydrogen-bond donors (Lipinski definition) is 2. The molecule has 1 aliphatic heterocycles. The third-order valence-electron chi connectivity index (χ3n) is 5.65. The van der Waals surface area contributed by atoms with Gasteiger partial charge in [-0.05, 0) is 48.8 Å². The Bertz CT molecular complexity index is 781. The normalized spacial score (nSPS) is 18.6. The summed E-state index contributed by atoms with van der Waals surface area (Å²) < 4.78 is 13.3. The van der Waals surface area contributed by atoms with Crippen molar-refractivity contribution in [2.75, 3.05) is 30.7 Å². The summed E-state index contributed by atoms with van der Waals surface area (Å²) in [5.74, 6) is 0.783. The Morgan fingerprint density at radius 1 is 1.04 bits per heavy atom. The van der Waals surface area contributed by atoms with Crippen LogP contribution in [0, 0.1) is 5.92 Å². The molecule has 0 radical (unpaired) electrons. The van der Waals surface area contributed by atoms with Gasteiger partial charge in [-0.2, -0.15) is 0 Å². The number of nitrogens with two attached hydrogens (primary N) is 1. The number of piperidine rings is 1. The lowest BCUT2D eigenvalue weighted by Crippen LogP contribution is -2.33. The number of nitrogens with zero attached hydrogens (tertiary/aromatic N) is 1. The fraction of sp³-hybridized carbons (Fsp3) is 0.455. The van der Waals surface area contributed by atoms with Gasteiger partial charge in [0.15, 0.2) is 0 Å². The first-order valence-corrected chi connectivity index (χ1v) is 10.3. The first kappa shape index (κ1) is 18.6. The fourth-order valence-electron chi connectivity index (χ4n) is 3.65. The van der Waals surface area contributed by atoms with Crippen LogP contribution in [0.4, 0.5) is 15.8 Å². The lowest BCUT2D eigenvalue weighted by molar-refractivity contribution is 0.145. The highest BCUT2D eigenvalue weighted by molar-refractivity contribution is 6.36. The predicted octanol–water partition coefficient (Wildman–Crippen LogP) is 5.35. The van der Waals surface area contributed by atoms with Crippen molar-refractivity contribution in [3.8, 4) is 11.1 Å². The zero-order valence-corrected chi connectivity index (χ0v) is 16.3. The molecule has 4 rings (SSSR count). The molecule has 3 N–H and O–H groups in total. The third kappa shape index (κ3) is 4.56. The Kier molecular flexibility index (Phi) is 5.55. The van der Waals surface area contributed by atoms with Gasteiger partial charge in [-0.1, -0.05) is 41.9 Å². The SMILES string of the molecule is Nc1c(NCC2CC2)ccc(-c2ccc(CN3CCC(F)CC3)cc2)c1Cl. The zero-order chi connectivity index (χ0) is 18.8. The first-order valence-electron chi connectivity index (χ1n) is 9.87. The van der Waals surface area contributed by atoms with Crippen LogP contribution in [0.5, 0.6) is 0 Å². The Labute approximate surface area is 165 Å². The topological polar surface area (TPSA) is 41.3 Å². The maximum absolute atomic E-state index is 13.3. The van der Waals surface area contributed by atoms with Crippen molar-refractivity contribution in [2.24, 2.45) is 5.92 Å². The molecule has 0 bridgehead atoms. The summed E-state index contributed by atoms with van der Waals surface area (Å²) in [6.45, 7) is 3.50. The zero-order valence-electron chi connectivity index (χ0n) is 15.6. The van der Waals surface area contributed by atoms with E-state index in [1.165, 1.54) is 18.4 Å². The van der Waals surface area contributed by atoms with Gasteiger partial charge >= 0.3 is 0 Å². The van der Waals surface area contributed by atoms with Crippen molar-refractivity contribution in [2.45, 2.75) is 38.4 Å². The van der Waals surface area contributed by atoms with E-state index in [2.05, 4.69) is 34.5 Å².